The van der Waals surface area contributed by atoms with Crippen LogP contribution < -0.4 is 15.5 Å². The van der Waals surface area contributed by atoms with Crippen LogP contribution in [0.15, 0.2) is 36.5 Å². The number of aromatic nitrogens is 2. The Morgan fingerprint density at radius 3 is 2.39 bits per heavy atom. The summed E-state index contributed by atoms with van der Waals surface area (Å²) >= 11 is 0. The van der Waals surface area contributed by atoms with Crippen LogP contribution in [0.25, 0.3) is 0 Å². The van der Waals surface area contributed by atoms with Gasteiger partial charge >= 0.3 is 6.18 Å². The summed E-state index contributed by atoms with van der Waals surface area (Å²) in [6, 6.07) is 6.54. The van der Waals surface area contributed by atoms with Crippen LogP contribution in [-0.4, -0.2) is 36.1 Å². The average molecular weight is 323 g/mol. The summed E-state index contributed by atoms with van der Waals surface area (Å²) < 4.78 is 37.7. The first kappa shape index (κ1) is 15.5. The van der Waals surface area contributed by atoms with Crippen molar-refractivity contribution in [1.29, 1.82) is 0 Å². The van der Waals surface area contributed by atoms with Crippen LogP contribution in [-0.2, 0) is 6.18 Å². The smallest absolute Gasteiger partial charge is 0.340 e. The summed E-state index contributed by atoms with van der Waals surface area (Å²) in [6.07, 6.45) is -2.69. The molecule has 8 heteroatoms. The molecule has 1 fully saturated rings. The summed E-state index contributed by atoms with van der Waals surface area (Å²) in [4.78, 5) is 10.7. The second-order valence-electron chi connectivity index (χ2n) is 5.18. The number of nitrogens with one attached hydrogen (secondary N) is 2. The fraction of sp³-hybridized carbons (Fsp3) is 0.333. The maximum atomic E-state index is 12.6. The van der Waals surface area contributed by atoms with Gasteiger partial charge in [0.05, 0.1) is 5.56 Å². The minimum atomic E-state index is -4.33. The third-order valence-electron chi connectivity index (χ3n) is 3.53. The van der Waals surface area contributed by atoms with Gasteiger partial charge < -0.3 is 15.5 Å². The Morgan fingerprint density at radius 1 is 1.04 bits per heavy atom. The highest BCUT2D eigenvalue weighted by molar-refractivity contribution is 5.57. The third-order valence-corrected chi connectivity index (χ3v) is 3.53. The van der Waals surface area contributed by atoms with Crippen LogP contribution in [0.4, 0.5) is 30.6 Å². The molecule has 0 unspecified atom stereocenters. The van der Waals surface area contributed by atoms with E-state index >= 15 is 0 Å². The van der Waals surface area contributed by atoms with Gasteiger partial charge in [-0.2, -0.15) is 18.2 Å². The van der Waals surface area contributed by atoms with Gasteiger partial charge in [-0.05, 0) is 30.3 Å². The lowest BCUT2D eigenvalue weighted by Crippen LogP contribution is -2.44. The Kier molecular flexibility index (Phi) is 4.33. The van der Waals surface area contributed by atoms with Crippen molar-refractivity contribution in [3.8, 4) is 0 Å². The molecule has 3 rings (SSSR count). The highest BCUT2D eigenvalue weighted by Gasteiger charge is 2.29. The summed E-state index contributed by atoms with van der Waals surface area (Å²) in [5.41, 5.74) is -0.129. The minimum Gasteiger partial charge on any atom is -0.340 e. The first-order valence-corrected chi connectivity index (χ1v) is 7.25. The van der Waals surface area contributed by atoms with Crippen LogP contribution >= 0.6 is 0 Å². The standard InChI is InChI=1S/C15H16F3N5/c16-15(17,18)11-1-3-12(4-2-11)21-13-5-6-20-14(22-13)23-9-7-19-8-10-23/h1-6,19H,7-10H2,(H,20,21,22). The van der Waals surface area contributed by atoms with Crippen molar-refractivity contribution in [2.75, 3.05) is 36.4 Å². The fourth-order valence-electron chi connectivity index (χ4n) is 2.33. The lowest BCUT2D eigenvalue weighted by Gasteiger charge is -2.27. The molecule has 2 N–H and O–H groups in total. The Balaban J connectivity index is 1.72. The van der Waals surface area contributed by atoms with Gasteiger partial charge in [0.1, 0.15) is 5.82 Å². The molecular weight excluding hydrogens is 307 g/mol. The number of rotatable bonds is 3. The monoisotopic (exact) mass is 323 g/mol. The third kappa shape index (κ3) is 3.89. The Labute approximate surface area is 131 Å². The van der Waals surface area contributed by atoms with E-state index in [0.717, 1.165) is 38.3 Å². The van der Waals surface area contributed by atoms with Crippen molar-refractivity contribution in [3.05, 3.63) is 42.1 Å². The molecule has 23 heavy (non-hydrogen) atoms. The Bertz CT molecular complexity index is 651. The summed E-state index contributed by atoms with van der Waals surface area (Å²) in [7, 11) is 0. The van der Waals surface area contributed by atoms with Crippen molar-refractivity contribution >= 4 is 17.5 Å². The molecule has 0 atom stereocenters. The molecule has 0 aliphatic carbocycles. The number of anilines is 3. The SMILES string of the molecule is FC(F)(F)c1ccc(Nc2ccnc(N3CCNCC3)n2)cc1. The largest absolute Gasteiger partial charge is 0.416 e. The van der Waals surface area contributed by atoms with Gasteiger partial charge in [-0.1, -0.05) is 0 Å². The number of benzene rings is 1. The Hall–Kier alpha value is -2.35. The van der Waals surface area contributed by atoms with E-state index in [4.69, 9.17) is 0 Å². The quantitative estimate of drug-likeness (QED) is 0.909. The topological polar surface area (TPSA) is 53.1 Å². The van der Waals surface area contributed by atoms with Crippen LogP contribution in [0, 0.1) is 0 Å². The summed E-state index contributed by atoms with van der Waals surface area (Å²) in [5.74, 6) is 1.16. The van der Waals surface area contributed by atoms with Crippen molar-refractivity contribution < 1.29 is 13.2 Å². The van der Waals surface area contributed by atoms with E-state index < -0.39 is 11.7 Å². The second kappa shape index (κ2) is 6.41. The zero-order chi connectivity index (χ0) is 16.3. The lowest BCUT2D eigenvalue weighted by atomic mass is 10.2. The van der Waals surface area contributed by atoms with E-state index in [-0.39, 0.29) is 0 Å². The number of hydrogen-bond acceptors (Lipinski definition) is 5. The normalized spacial score (nSPS) is 15.5. The molecule has 1 saturated heterocycles. The molecule has 2 aromatic rings. The first-order chi connectivity index (χ1) is 11.0. The molecule has 1 aromatic carbocycles. The zero-order valence-electron chi connectivity index (χ0n) is 12.3. The number of nitrogens with zero attached hydrogens (tertiary/aromatic N) is 3. The summed E-state index contributed by atoms with van der Waals surface area (Å²) in [6.45, 7) is 3.40. The molecule has 1 aliphatic heterocycles. The molecular formula is C15H16F3N5. The maximum absolute atomic E-state index is 12.6. The van der Waals surface area contributed by atoms with Gasteiger partial charge in [-0.3, -0.25) is 0 Å². The highest BCUT2D eigenvalue weighted by atomic mass is 19.4. The number of piperazine rings is 1. The molecule has 0 spiro atoms. The Morgan fingerprint density at radius 2 is 1.74 bits per heavy atom. The molecule has 122 valence electrons. The van der Waals surface area contributed by atoms with Gasteiger partial charge in [-0.25, -0.2) is 4.98 Å². The molecule has 0 amide bonds. The molecule has 5 nitrogen and oxygen atoms in total. The maximum Gasteiger partial charge on any atom is 0.416 e. The van der Waals surface area contributed by atoms with Gasteiger partial charge in [0.2, 0.25) is 5.95 Å². The zero-order valence-corrected chi connectivity index (χ0v) is 12.3. The predicted molar refractivity (Wildman–Crippen MR) is 81.8 cm³/mol. The van der Waals surface area contributed by atoms with E-state index in [1.807, 2.05) is 0 Å². The fourth-order valence-corrected chi connectivity index (χ4v) is 2.33. The summed E-state index contributed by atoms with van der Waals surface area (Å²) in [5, 5.41) is 6.25. The van der Waals surface area contributed by atoms with Crippen molar-refractivity contribution in [3.63, 3.8) is 0 Å². The number of alkyl halides is 3. The van der Waals surface area contributed by atoms with Crippen LogP contribution in [0.3, 0.4) is 0 Å². The number of halogens is 3. The average Bonchev–Trinajstić information content (AvgIpc) is 2.56. The van der Waals surface area contributed by atoms with Gasteiger partial charge in [0, 0.05) is 38.1 Å². The molecule has 2 heterocycles. The van der Waals surface area contributed by atoms with E-state index in [0.29, 0.717) is 17.5 Å². The second-order valence-corrected chi connectivity index (χ2v) is 5.18. The molecule has 1 aliphatic rings. The number of hydrogen-bond donors (Lipinski definition) is 2. The van der Waals surface area contributed by atoms with Crippen molar-refractivity contribution in [1.82, 2.24) is 15.3 Å². The van der Waals surface area contributed by atoms with Crippen LogP contribution in [0.2, 0.25) is 0 Å². The van der Waals surface area contributed by atoms with E-state index in [2.05, 4.69) is 25.5 Å². The van der Waals surface area contributed by atoms with Crippen molar-refractivity contribution in [2.45, 2.75) is 6.18 Å². The molecule has 0 radical (unpaired) electrons. The van der Waals surface area contributed by atoms with Crippen molar-refractivity contribution in [2.24, 2.45) is 0 Å². The van der Waals surface area contributed by atoms with Crippen LogP contribution in [0.5, 0.6) is 0 Å². The van der Waals surface area contributed by atoms with Gasteiger partial charge in [-0.15, -0.1) is 0 Å². The lowest BCUT2D eigenvalue weighted by molar-refractivity contribution is -0.137. The van der Waals surface area contributed by atoms with E-state index in [1.54, 1.807) is 12.3 Å². The van der Waals surface area contributed by atoms with E-state index in [9.17, 15) is 13.2 Å². The van der Waals surface area contributed by atoms with E-state index in [1.165, 1.54) is 12.1 Å². The molecule has 1 aromatic heterocycles. The predicted octanol–water partition coefficient (Wildman–Crippen LogP) is 2.65. The first-order valence-electron chi connectivity index (χ1n) is 7.25. The minimum absolute atomic E-state index is 0.544. The highest BCUT2D eigenvalue weighted by Crippen LogP contribution is 2.30. The molecule has 0 saturated carbocycles. The van der Waals surface area contributed by atoms with Gasteiger partial charge in [0.15, 0.2) is 0 Å². The van der Waals surface area contributed by atoms with Crippen LogP contribution in [0.1, 0.15) is 5.56 Å². The molecule has 0 bridgehead atoms. The van der Waals surface area contributed by atoms with Gasteiger partial charge in [0.25, 0.3) is 0 Å².